The summed E-state index contributed by atoms with van der Waals surface area (Å²) in [6, 6.07) is 19.8. The lowest BCUT2D eigenvalue weighted by Gasteiger charge is -2.23. The zero-order valence-electron chi connectivity index (χ0n) is 24.0. The molecular weight excluding hydrogens is 561 g/mol. The summed E-state index contributed by atoms with van der Waals surface area (Å²) in [6.45, 7) is 5.41. The summed E-state index contributed by atoms with van der Waals surface area (Å²) in [5.74, 6) is 0.0739. The zero-order chi connectivity index (χ0) is 30.8. The summed E-state index contributed by atoms with van der Waals surface area (Å²) >= 11 is 0. The van der Waals surface area contributed by atoms with Crippen LogP contribution in [0.4, 0.5) is 29.3 Å². The van der Waals surface area contributed by atoms with Crippen molar-refractivity contribution in [1.82, 2.24) is 5.16 Å². The van der Waals surface area contributed by atoms with Crippen molar-refractivity contribution in [1.29, 1.82) is 0 Å². The molecule has 1 heterocycles. The molecule has 0 atom stereocenters. The molecule has 1 fully saturated rings. The third kappa shape index (κ3) is 6.28. The number of ether oxygens (including phenoxy) is 2. The Morgan fingerprint density at radius 1 is 0.907 bits per heavy atom. The van der Waals surface area contributed by atoms with Crippen LogP contribution in [-0.2, 0) is 26.9 Å². The van der Waals surface area contributed by atoms with Crippen LogP contribution in [0.3, 0.4) is 0 Å². The van der Waals surface area contributed by atoms with Gasteiger partial charge < -0.3 is 14.0 Å². The number of nitrogens with zero attached hydrogens (tertiary/aromatic N) is 2. The Bertz CT molecular complexity index is 1610. The first-order valence-corrected chi connectivity index (χ1v) is 14.0. The number of anilines is 2. The van der Waals surface area contributed by atoms with Crippen molar-refractivity contribution in [3.8, 4) is 22.5 Å². The van der Waals surface area contributed by atoms with E-state index in [4.69, 9.17) is 14.0 Å². The van der Waals surface area contributed by atoms with Gasteiger partial charge in [-0.05, 0) is 74.9 Å². The largest absolute Gasteiger partial charge is 0.466 e. The highest BCUT2D eigenvalue weighted by atomic mass is 19.4. The number of carbonyl (C=O) groups excluding carboxylic acids is 2. The van der Waals surface area contributed by atoms with E-state index in [2.05, 4.69) is 5.16 Å². The van der Waals surface area contributed by atoms with Crippen LogP contribution in [0.1, 0.15) is 43.5 Å². The minimum atomic E-state index is -4.60. The summed E-state index contributed by atoms with van der Waals surface area (Å²) in [6.07, 6.45) is -3.15. The molecule has 1 aromatic heterocycles. The number of hydrogen-bond donors (Lipinski definition) is 0. The van der Waals surface area contributed by atoms with Gasteiger partial charge in [0.05, 0.1) is 29.9 Å². The van der Waals surface area contributed by atoms with Gasteiger partial charge in [0.25, 0.3) is 0 Å². The maximum atomic E-state index is 13.5. The predicted molar refractivity (Wildman–Crippen MR) is 155 cm³/mol. The summed E-state index contributed by atoms with van der Waals surface area (Å²) < 4.78 is 56.6. The summed E-state index contributed by atoms with van der Waals surface area (Å²) in [5.41, 5.74) is 2.65. The highest BCUT2D eigenvalue weighted by molar-refractivity contribution is 6.00. The van der Waals surface area contributed by atoms with E-state index in [1.165, 1.54) is 12.1 Å². The first-order chi connectivity index (χ1) is 20.6. The van der Waals surface area contributed by atoms with Crippen LogP contribution in [0.25, 0.3) is 22.5 Å². The Balaban J connectivity index is 1.42. The van der Waals surface area contributed by atoms with Gasteiger partial charge >= 0.3 is 18.2 Å². The number of amides is 1. The van der Waals surface area contributed by atoms with Gasteiger partial charge in [0.15, 0.2) is 5.76 Å². The lowest BCUT2D eigenvalue weighted by Crippen LogP contribution is -2.28. The Morgan fingerprint density at radius 2 is 1.51 bits per heavy atom. The van der Waals surface area contributed by atoms with Crippen molar-refractivity contribution in [2.75, 3.05) is 18.1 Å². The van der Waals surface area contributed by atoms with Gasteiger partial charge in [0, 0.05) is 5.56 Å². The van der Waals surface area contributed by atoms with Crippen molar-refractivity contribution in [2.24, 2.45) is 5.41 Å². The van der Waals surface area contributed by atoms with E-state index in [0.29, 0.717) is 24.3 Å². The zero-order valence-corrected chi connectivity index (χ0v) is 24.0. The van der Waals surface area contributed by atoms with Crippen LogP contribution < -0.4 is 4.90 Å². The second-order valence-corrected chi connectivity index (χ2v) is 10.5. The molecule has 7 nitrogen and oxygen atoms in total. The van der Waals surface area contributed by atoms with Crippen molar-refractivity contribution in [2.45, 2.75) is 46.2 Å². The fourth-order valence-corrected chi connectivity index (χ4v) is 5.06. The topological polar surface area (TPSA) is 81.9 Å². The van der Waals surface area contributed by atoms with E-state index < -0.39 is 23.2 Å². The fraction of sp³-hybridized carbons (Fsp3) is 0.303. The number of halogens is 3. The normalized spacial score (nSPS) is 13.8. The van der Waals surface area contributed by atoms with Crippen LogP contribution in [0.15, 0.2) is 77.3 Å². The average molecular weight is 593 g/mol. The number of carbonyl (C=O) groups is 2. The van der Waals surface area contributed by atoms with E-state index in [1.807, 2.05) is 43.3 Å². The first-order valence-electron chi connectivity index (χ1n) is 14.0. The lowest BCUT2D eigenvalue weighted by atomic mass is 9.94. The second-order valence-electron chi connectivity index (χ2n) is 10.5. The molecule has 3 aromatic carbocycles. The number of benzene rings is 3. The van der Waals surface area contributed by atoms with Crippen LogP contribution in [0.2, 0.25) is 0 Å². The molecule has 4 aromatic rings. The molecule has 0 spiro atoms. The van der Waals surface area contributed by atoms with Gasteiger partial charge in [-0.2, -0.15) is 13.2 Å². The summed E-state index contributed by atoms with van der Waals surface area (Å²) in [4.78, 5) is 26.5. The summed E-state index contributed by atoms with van der Waals surface area (Å²) in [5, 5.41) is 4.02. The molecule has 0 bridgehead atoms. The highest BCUT2D eigenvalue weighted by Crippen LogP contribution is 2.49. The number of aromatic nitrogens is 1. The van der Waals surface area contributed by atoms with Gasteiger partial charge in [0.2, 0.25) is 0 Å². The molecule has 10 heteroatoms. The van der Waals surface area contributed by atoms with Crippen molar-refractivity contribution in [3.05, 3.63) is 89.6 Å². The van der Waals surface area contributed by atoms with Gasteiger partial charge in [-0.25, -0.2) is 9.69 Å². The smallest absolute Gasteiger partial charge is 0.419 e. The predicted octanol–water partition coefficient (Wildman–Crippen LogP) is 8.52. The van der Waals surface area contributed by atoms with Crippen molar-refractivity contribution >= 4 is 23.4 Å². The average Bonchev–Trinajstić information content (AvgIpc) is 3.68. The van der Waals surface area contributed by atoms with E-state index in [1.54, 1.807) is 26.0 Å². The Labute approximate surface area is 247 Å². The minimum absolute atomic E-state index is 0.0191. The van der Waals surface area contributed by atoms with Gasteiger partial charge in [0.1, 0.15) is 11.4 Å². The quantitative estimate of drug-likeness (QED) is 0.181. The van der Waals surface area contributed by atoms with Crippen molar-refractivity contribution in [3.63, 3.8) is 0 Å². The van der Waals surface area contributed by atoms with Gasteiger partial charge in [-0.1, -0.05) is 59.8 Å². The van der Waals surface area contributed by atoms with Crippen LogP contribution in [-0.4, -0.2) is 30.4 Å². The molecule has 1 aliphatic carbocycles. The Kier molecular flexibility index (Phi) is 8.30. The van der Waals surface area contributed by atoms with Gasteiger partial charge in [-0.3, -0.25) is 4.79 Å². The fourth-order valence-electron chi connectivity index (χ4n) is 5.06. The first kappa shape index (κ1) is 29.9. The third-order valence-corrected chi connectivity index (χ3v) is 7.48. The second kappa shape index (κ2) is 11.9. The number of esters is 1. The number of alkyl halides is 3. The molecular formula is C33H31F3N2O5. The van der Waals surface area contributed by atoms with E-state index in [9.17, 15) is 22.8 Å². The molecule has 0 radical (unpaired) electrons. The van der Waals surface area contributed by atoms with Crippen molar-refractivity contribution < 1.29 is 36.8 Å². The molecule has 0 N–H and O–H groups in total. The SMILES string of the molecule is CCOC(=O)N(c1cccc(C(F)(F)F)c1)c1c(C)noc1-c1ccc(-c2ccc(CC3(C(=O)OCC)CC3)cc2)cc1. The molecule has 0 aliphatic heterocycles. The van der Waals surface area contributed by atoms with E-state index >= 15 is 0 Å². The van der Waals surface area contributed by atoms with Crippen LogP contribution in [0, 0.1) is 12.3 Å². The third-order valence-electron chi connectivity index (χ3n) is 7.48. The maximum absolute atomic E-state index is 13.5. The molecule has 1 saturated carbocycles. The number of hydrogen-bond acceptors (Lipinski definition) is 6. The molecule has 224 valence electrons. The van der Waals surface area contributed by atoms with E-state index in [0.717, 1.165) is 46.6 Å². The molecule has 0 saturated heterocycles. The molecule has 43 heavy (non-hydrogen) atoms. The number of rotatable bonds is 9. The molecule has 1 aliphatic rings. The van der Waals surface area contributed by atoms with Gasteiger partial charge in [-0.15, -0.1) is 0 Å². The Morgan fingerprint density at radius 3 is 2.09 bits per heavy atom. The molecule has 5 rings (SSSR count). The molecule has 1 amide bonds. The van der Waals surface area contributed by atoms with Crippen LogP contribution >= 0.6 is 0 Å². The Hall–Kier alpha value is -4.60. The standard InChI is InChI=1S/C33H31F3N2O5/c1-4-41-30(39)32(17-18-32)20-22-9-11-23(12-10-22)24-13-15-25(16-14-24)29-28(21(3)37-43-29)38(31(40)42-5-2)27-8-6-7-26(19-27)33(34,35)36/h6-16,19H,4-5,17-18,20H2,1-3H3. The monoisotopic (exact) mass is 592 g/mol. The molecule has 0 unspecified atom stereocenters. The highest BCUT2D eigenvalue weighted by Gasteiger charge is 2.51. The number of aryl methyl sites for hydroxylation is 1. The maximum Gasteiger partial charge on any atom is 0.419 e. The minimum Gasteiger partial charge on any atom is -0.466 e. The van der Waals surface area contributed by atoms with E-state index in [-0.39, 0.29) is 29.7 Å². The van der Waals surface area contributed by atoms with Crippen LogP contribution in [0.5, 0.6) is 0 Å². The lowest BCUT2D eigenvalue weighted by molar-refractivity contribution is -0.149. The summed E-state index contributed by atoms with van der Waals surface area (Å²) in [7, 11) is 0.